The number of rotatable bonds is 6. The van der Waals surface area contributed by atoms with Gasteiger partial charge in [-0.05, 0) is 79.7 Å². The average molecular weight is 457 g/mol. The predicted molar refractivity (Wildman–Crippen MR) is 114 cm³/mol. The van der Waals surface area contributed by atoms with Gasteiger partial charge < -0.3 is 10.4 Å². The van der Waals surface area contributed by atoms with Crippen molar-refractivity contribution >= 4 is 27.8 Å². The third-order valence-corrected chi connectivity index (χ3v) is 6.62. The third kappa shape index (κ3) is 4.86. The van der Waals surface area contributed by atoms with E-state index in [0.717, 1.165) is 48.6 Å². The molecule has 2 fully saturated rings. The fourth-order valence-electron chi connectivity index (χ4n) is 4.31. The van der Waals surface area contributed by atoms with Crippen molar-refractivity contribution in [2.24, 2.45) is 5.92 Å². The van der Waals surface area contributed by atoms with E-state index in [-0.39, 0.29) is 18.2 Å². The van der Waals surface area contributed by atoms with Crippen molar-refractivity contribution < 1.29 is 14.7 Å². The Morgan fingerprint density at radius 2 is 1.62 bits per heavy atom. The van der Waals surface area contributed by atoms with Crippen LogP contribution in [-0.2, 0) is 6.54 Å². The molecule has 0 spiro atoms. The van der Waals surface area contributed by atoms with E-state index < -0.39 is 6.09 Å². The Labute approximate surface area is 179 Å². The molecule has 2 aliphatic rings. The second-order valence-corrected chi connectivity index (χ2v) is 9.05. The summed E-state index contributed by atoms with van der Waals surface area (Å²) in [6.45, 7) is 0.122. The first-order chi connectivity index (χ1) is 14.0. The van der Waals surface area contributed by atoms with Crippen LogP contribution in [0.5, 0.6) is 0 Å². The topological polar surface area (TPSA) is 79.3 Å². The predicted octanol–water partition coefficient (Wildman–Crippen LogP) is 5.65. The zero-order chi connectivity index (χ0) is 20.4. The van der Waals surface area contributed by atoms with E-state index in [1.54, 1.807) is 0 Å². The SMILES string of the molecule is O=C(O)NCc1ccc(C2CC2)c(C(=O)C2CCC(c3ccc(Br)cc3)CC2)n1. The van der Waals surface area contributed by atoms with Crippen molar-refractivity contribution in [3.8, 4) is 0 Å². The van der Waals surface area contributed by atoms with Gasteiger partial charge in [-0.3, -0.25) is 4.79 Å². The van der Waals surface area contributed by atoms with Crippen LogP contribution in [-0.4, -0.2) is 22.0 Å². The molecule has 5 nitrogen and oxygen atoms in total. The van der Waals surface area contributed by atoms with Gasteiger partial charge >= 0.3 is 6.09 Å². The molecule has 152 valence electrons. The third-order valence-electron chi connectivity index (χ3n) is 6.09. The smallest absolute Gasteiger partial charge is 0.404 e. The molecular weight excluding hydrogens is 432 g/mol. The Morgan fingerprint density at radius 1 is 0.966 bits per heavy atom. The van der Waals surface area contributed by atoms with Gasteiger partial charge in [0, 0.05) is 10.4 Å². The van der Waals surface area contributed by atoms with Crippen LogP contribution in [0.1, 0.15) is 77.7 Å². The molecule has 0 atom stereocenters. The summed E-state index contributed by atoms with van der Waals surface area (Å²) in [5.41, 5.74) is 3.56. The van der Waals surface area contributed by atoms with Crippen LogP contribution in [0.4, 0.5) is 4.79 Å². The number of Topliss-reactive ketones (excluding diaryl/α,β-unsaturated/α-hetero) is 1. The maximum Gasteiger partial charge on any atom is 0.404 e. The highest BCUT2D eigenvalue weighted by Crippen LogP contribution is 2.43. The molecule has 2 aromatic rings. The summed E-state index contributed by atoms with van der Waals surface area (Å²) < 4.78 is 1.08. The zero-order valence-electron chi connectivity index (χ0n) is 16.2. The summed E-state index contributed by atoms with van der Waals surface area (Å²) in [5.74, 6) is 1.09. The minimum atomic E-state index is -1.09. The standard InChI is InChI=1S/C23H25BrN2O3/c24-18-9-7-15(8-10-18)14-1-5-17(6-2-14)22(27)21-20(16-3-4-16)12-11-19(26-21)13-25-23(28)29/h7-12,14,16-17,25H,1-6,13H2,(H,28,29). The lowest BCUT2D eigenvalue weighted by Crippen LogP contribution is -2.25. The van der Waals surface area contributed by atoms with Crippen LogP contribution >= 0.6 is 15.9 Å². The van der Waals surface area contributed by atoms with Gasteiger partial charge in [0.1, 0.15) is 5.69 Å². The molecule has 6 heteroatoms. The van der Waals surface area contributed by atoms with Gasteiger partial charge in [-0.1, -0.05) is 34.1 Å². The van der Waals surface area contributed by atoms with Gasteiger partial charge in [0.15, 0.2) is 5.78 Å². The fourth-order valence-corrected chi connectivity index (χ4v) is 4.58. The van der Waals surface area contributed by atoms with Crippen LogP contribution in [0.2, 0.25) is 0 Å². The van der Waals surface area contributed by atoms with E-state index in [1.165, 1.54) is 5.56 Å². The van der Waals surface area contributed by atoms with Crippen LogP contribution in [0.15, 0.2) is 40.9 Å². The van der Waals surface area contributed by atoms with Gasteiger partial charge in [0.25, 0.3) is 0 Å². The minimum Gasteiger partial charge on any atom is -0.465 e. The Bertz CT molecular complexity index is 901. The van der Waals surface area contributed by atoms with Gasteiger partial charge in [0.2, 0.25) is 0 Å². The fraction of sp³-hybridized carbons (Fsp3) is 0.435. The molecule has 2 N–H and O–H groups in total. The maximum atomic E-state index is 13.3. The first kappa shape index (κ1) is 20.1. The molecule has 1 heterocycles. The maximum absolute atomic E-state index is 13.3. The molecule has 0 radical (unpaired) electrons. The van der Waals surface area contributed by atoms with Crippen molar-refractivity contribution in [3.63, 3.8) is 0 Å². The first-order valence-electron chi connectivity index (χ1n) is 10.3. The summed E-state index contributed by atoms with van der Waals surface area (Å²) in [6, 6.07) is 12.3. The van der Waals surface area contributed by atoms with E-state index in [2.05, 4.69) is 50.5 Å². The molecule has 0 bridgehead atoms. The monoisotopic (exact) mass is 456 g/mol. The summed E-state index contributed by atoms with van der Waals surface area (Å²) in [7, 11) is 0. The van der Waals surface area contributed by atoms with Gasteiger partial charge in [-0.25, -0.2) is 9.78 Å². The molecule has 2 aliphatic carbocycles. The summed E-state index contributed by atoms with van der Waals surface area (Å²) in [6.07, 6.45) is 4.90. The van der Waals surface area contributed by atoms with Crippen LogP contribution in [0.3, 0.4) is 0 Å². The summed E-state index contributed by atoms with van der Waals surface area (Å²) in [5, 5.41) is 11.2. The normalized spacial score (nSPS) is 21.6. The number of nitrogens with zero attached hydrogens (tertiary/aromatic N) is 1. The number of carbonyl (C=O) groups excluding carboxylic acids is 1. The van der Waals surface area contributed by atoms with Crippen molar-refractivity contribution in [1.82, 2.24) is 10.3 Å². The first-order valence-corrected chi connectivity index (χ1v) is 11.1. The molecule has 2 saturated carbocycles. The number of aromatic nitrogens is 1. The van der Waals surface area contributed by atoms with Crippen LogP contribution < -0.4 is 5.32 Å². The van der Waals surface area contributed by atoms with E-state index in [4.69, 9.17) is 5.11 Å². The molecule has 1 amide bonds. The molecular formula is C23H25BrN2O3. The van der Waals surface area contributed by atoms with E-state index in [0.29, 0.717) is 23.2 Å². The second kappa shape index (κ2) is 8.66. The number of amides is 1. The van der Waals surface area contributed by atoms with Crippen molar-refractivity contribution in [2.45, 2.75) is 56.9 Å². The second-order valence-electron chi connectivity index (χ2n) is 8.14. The molecule has 0 aliphatic heterocycles. The largest absolute Gasteiger partial charge is 0.465 e. The quantitative estimate of drug-likeness (QED) is 0.550. The highest BCUT2D eigenvalue weighted by atomic mass is 79.9. The lowest BCUT2D eigenvalue weighted by molar-refractivity contribution is 0.0877. The summed E-state index contributed by atoms with van der Waals surface area (Å²) >= 11 is 3.48. The van der Waals surface area contributed by atoms with Crippen molar-refractivity contribution in [3.05, 3.63) is 63.4 Å². The number of hydrogen-bond acceptors (Lipinski definition) is 3. The van der Waals surface area contributed by atoms with Crippen LogP contribution in [0, 0.1) is 5.92 Å². The highest BCUT2D eigenvalue weighted by molar-refractivity contribution is 9.10. The number of pyridine rings is 1. The number of carboxylic acid groups (broad SMARTS) is 1. The van der Waals surface area contributed by atoms with Crippen molar-refractivity contribution in [2.75, 3.05) is 0 Å². The minimum absolute atomic E-state index is 0.00869. The molecule has 0 saturated heterocycles. The molecule has 29 heavy (non-hydrogen) atoms. The number of halogens is 1. The Balaban J connectivity index is 1.46. The molecule has 1 aromatic carbocycles. The Morgan fingerprint density at radius 3 is 2.24 bits per heavy atom. The average Bonchev–Trinajstić information content (AvgIpc) is 3.57. The van der Waals surface area contributed by atoms with Crippen LogP contribution in [0.25, 0.3) is 0 Å². The molecule has 1 aromatic heterocycles. The number of nitrogens with one attached hydrogen (secondary N) is 1. The Kier molecular flexibility index (Phi) is 5.99. The zero-order valence-corrected chi connectivity index (χ0v) is 17.8. The number of carbonyl (C=O) groups is 2. The van der Waals surface area contributed by atoms with Gasteiger partial charge in [-0.2, -0.15) is 0 Å². The number of ketones is 1. The summed E-state index contributed by atoms with van der Waals surface area (Å²) in [4.78, 5) is 28.7. The molecule has 4 rings (SSSR count). The van der Waals surface area contributed by atoms with E-state index in [1.807, 2.05) is 12.1 Å². The van der Waals surface area contributed by atoms with E-state index >= 15 is 0 Å². The van der Waals surface area contributed by atoms with Crippen molar-refractivity contribution in [1.29, 1.82) is 0 Å². The number of hydrogen-bond donors (Lipinski definition) is 2. The van der Waals surface area contributed by atoms with E-state index in [9.17, 15) is 9.59 Å². The molecule has 0 unspecified atom stereocenters. The lowest BCUT2D eigenvalue weighted by atomic mass is 9.76. The van der Waals surface area contributed by atoms with Gasteiger partial charge in [-0.15, -0.1) is 0 Å². The Hall–Kier alpha value is -2.21. The highest BCUT2D eigenvalue weighted by Gasteiger charge is 2.33. The van der Waals surface area contributed by atoms with Gasteiger partial charge in [0.05, 0.1) is 12.2 Å². The lowest BCUT2D eigenvalue weighted by Gasteiger charge is -2.28. The number of benzene rings is 1.